The first-order valence-corrected chi connectivity index (χ1v) is 10.7. The van der Waals surface area contributed by atoms with E-state index in [0.717, 1.165) is 11.8 Å². The Morgan fingerprint density at radius 2 is 1.48 bits per heavy atom. The first-order chi connectivity index (χ1) is 13.3. The van der Waals surface area contributed by atoms with E-state index in [2.05, 4.69) is 119 Å². The number of anilines is 1. The number of hydrogen-bond acceptors (Lipinski definition) is 1. The Bertz CT molecular complexity index is 917. The predicted octanol–water partition coefficient (Wildman–Crippen LogP) is 7.18. The van der Waals surface area contributed by atoms with Crippen LogP contribution in [0, 0.1) is 0 Å². The van der Waals surface area contributed by atoms with Crippen LogP contribution in [0.2, 0.25) is 0 Å². The fourth-order valence-electron chi connectivity index (χ4n) is 4.18. The molecule has 0 spiro atoms. The van der Waals surface area contributed by atoms with E-state index in [1.807, 2.05) is 0 Å². The van der Waals surface area contributed by atoms with Gasteiger partial charge in [0.25, 0.3) is 0 Å². The molecule has 1 nitrogen and oxygen atoms in total. The van der Waals surface area contributed by atoms with Crippen molar-refractivity contribution in [3.8, 4) is 0 Å². The SMILES string of the molecule is CC[C@@H](c1ccccc1)N1c2ccccc2C=C(CBr)C1c1ccccc1. The first-order valence-electron chi connectivity index (χ1n) is 9.57. The summed E-state index contributed by atoms with van der Waals surface area (Å²) in [6.07, 6.45) is 3.41. The molecule has 0 radical (unpaired) electrons. The summed E-state index contributed by atoms with van der Waals surface area (Å²) in [6, 6.07) is 31.1. The molecule has 0 saturated heterocycles. The summed E-state index contributed by atoms with van der Waals surface area (Å²) in [5.41, 5.74) is 6.72. The summed E-state index contributed by atoms with van der Waals surface area (Å²) in [7, 11) is 0. The van der Waals surface area contributed by atoms with Crippen molar-refractivity contribution in [1.29, 1.82) is 0 Å². The molecule has 1 aliphatic heterocycles. The molecule has 2 atom stereocenters. The Hall–Kier alpha value is -2.32. The molecule has 2 heteroatoms. The van der Waals surface area contributed by atoms with Gasteiger partial charge in [-0.25, -0.2) is 0 Å². The lowest BCUT2D eigenvalue weighted by Gasteiger charge is -2.44. The van der Waals surface area contributed by atoms with Gasteiger partial charge in [0.05, 0.1) is 12.1 Å². The van der Waals surface area contributed by atoms with Crippen molar-refractivity contribution < 1.29 is 0 Å². The Morgan fingerprint density at radius 1 is 0.852 bits per heavy atom. The summed E-state index contributed by atoms with van der Waals surface area (Å²) in [5.74, 6) is 0. The molecule has 4 rings (SSSR count). The van der Waals surface area contributed by atoms with Gasteiger partial charge in [0, 0.05) is 11.0 Å². The number of rotatable bonds is 5. The Morgan fingerprint density at radius 3 is 2.15 bits per heavy atom. The van der Waals surface area contributed by atoms with Gasteiger partial charge in [-0.3, -0.25) is 0 Å². The third-order valence-corrected chi connectivity index (χ3v) is 6.01. The van der Waals surface area contributed by atoms with E-state index in [-0.39, 0.29) is 6.04 Å². The van der Waals surface area contributed by atoms with Gasteiger partial charge in [-0.1, -0.05) is 108 Å². The van der Waals surface area contributed by atoms with Gasteiger partial charge in [-0.05, 0) is 34.8 Å². The second kappa shape index (κ2) is 8.14. The van der Waals surface area contributed by atoms with Crippen LogP contribution < -0.4 is 4.90 Å². The third-order valence-electron chi connectivity index (χ3n) is 5.36. The molecule has 1 unspecified atom stereocenters. The maximum atomic E-state index is 3.76. The van der Waals surface area contributed by atoms with E-state index < -0.39 is 0 Å². The minimum absolute atomic E-state index is 0.227. The number of halogens is 1. The molecule has 0 fully saturated rings. The molecule has 0 amide bonds. The smallest absolute Gasteiger partial charge is 0.0773 e. The lowest BCUT2D eigenvalue weighted by molar-refractivity contribution is 0.551. The average molecular weight is 418 g/mol. The second-order valence-electron chi connectivity index (χ2n) is 6.97. The van der Waals surface area contributed by atoms with Crippen molar-refractivity contribution in [3.05, 3.63) is 107 Å². The number of nitrogens with zero attached hydrogens (tertiary/aromatic N) is 1. The van der Waals surface area contributed by atoms with Crippen LogP contribution in [0.15, 0.2) is 90.5 Å². The number of para-hydroxylation sites is 1. The maximum Gasteiger partial charge on any atom is 0.0773 e. The Balaban J connectivity index is 1.92. The van der Waals surface area contributed by atoms with Crippen LogP contribution >= 0.6 is 15.9 Å². The molecule has 1 aliphatic rings. The lowest BCUT2D eigenvalue weighted by atomic mass is 9.87. The predicted molar refractivity (Wildman–Crippen MR) is 119 cm³/mol. The van der Waals surface area contributed by atoms with Crippen LogP contribution in [0.3, 0.4) is 0 Å². The molecule has 0 N–H and O–H groups in total. The second-order valence-corrected chi connectivity index (χ2v) is 7.53. The van der Waals surface area contributed by atoms with Gasteiger partial charge in [0.1, 0.15) is 0 Å². The summed E-state index contributed by atoms with van der Waals surface area (Å²) < 4.78 is 0. The topological polar surface area (TPSA) is 3.24 Å². The zero-order chi connectivity index (χ0) is 18.6. The molecular weight excluding hydrogens is 394 g/mol. The number of fused-ring (bicyclic) bond motifs is 1. The third kappa shape index (κ3) is 3.46. The van der Waals surface area contributed by atoms with Crippen LogP contribution in [0.5, 0.6) is 0 Å². The maximum absolute atomic E-state index is 3.76. The number of hydrogen-bond donors (Lipinski definition) is 0. The minimum Gasteiger partial charge on any atom is -0.353 e. The molecule has 136 valence electrons. The van der Waals surface area contributed by atoms with Crippen molar-refractivity contribution >= 4 is 27.7 Å². The highest BCUT2D eigenvalue weighted by atomic mass is 79.9. The molecule has 0 saturated carbocycles. The van der Waals surface area contributed by atoms with Gasteiger partial charge < -0.3 is 4.90 Å². The van der Waals surface area contributed by atoms with Crippen molar-refractivity contribution in [3.63, 3.8) is 0 Å². The average Bonchev–Trinajstić information content (AvgIpc) is 2.75. The lowest BCUT2D eigenvalue weighted by Crippen LogP contribution is -2.36. The van der Waals surface area contributed by atoms with E-state index in [0.29, 0.717) is 6.04 Å². The first kappa shape index (κ1) is 18.1. The van der Waals surface area contributed by atoms with Crippen molar-refractivity contribution in [2.45, 2.75) is 25.4 Å². The van der Waals surface area contributed by atoms with Crippen LogP contribution in [0.4, 0.5) is 5.69 Å². The van der Waals surface area contributed by atoms with Crippen LogP contribution in [0.1, 0.15) is 42.1 Å². The zero-order valence-electron chi connectivity index (χ0n) is 15.6. The van der Waals surface area contributed by atoms with Gasteiger partial charge >= 0.3 is 0 Å². The molecule has 3 aromatic rings. The van der Waals surface area contributed by atoms with Crippen LogP contribution in [0.25, 0.3) is 6.08 Å². The van der Waals surface area contributed by atoms with Crippen molar-refractivity contribution in [1.82, 2.24) is 0 Å². The van der Waals surface area contributed by atoms with Gasteiger partial charge in [0.2, 0.25) is 0 Å². The van der Waals surface area contributed by atoms with E-state index in [1.165, 1.54) is 28.0 Å². The fraction of sp³-hybridized carbons (Fsp3) is 0.200. The van der Waals surface area contributed by atoms with Gasteiger partial charge in [-0.2, -0.15) is 0 Å². The molecule has 27 heavy (non-hydrogen) atoms. The van der Waals surface area contributed by atoms with Gasteiger partial charge in [-0.15, -0.1) is 0 Å². The zero-order valence-corrected chi connectivity index (χ0v) is 17.1. The van der Waals surface area contributed by atoms with Gasteiger partial charge in [0.15, 0.2) is 0 Å². The molecular formula is C25H24BrN. The molecule has 0 aliphatic carbocycles. The minimum atomic E-state index is 0.227. The fourth-order valence-corrected chi connectivity index (χ4v) is 4.65. The number of benzene rings is 3. The molecule has 1 heterocycles. The normalized spacial score (nSPS) is 17.2. The van der Waals surface area contributed by atoms with E-state index in [1.54, 1.807) is 0 Å². The Kier molecular flexibility index (Phi) is 5.45. The summed E-state index contributed by atoms with van der Waals surface area (Å²) in [4.78, 5) is 2.62. The standard InChI is InChI=1S/C25H24BrN/c1-2-23(19-11-5-3-6-12-19)27-24-16-10-9-15-21(24)17-22(18-26)25(27)20-13-7-4-8-14-20/h3-17,23,25H,2,18H2,1H3/t23-,25?/m0/s1. The van der Waals surface area contributed by atoms with E-state index >= 15 is 0 Å². The summed E-state index contributed by atoms with van der Waals surface area (Å²) in [6.45, 7) is 2.29. The van der Waals surface area contributed by atoms with Crippen molar-refractivity contribution in [2.24, 2.45) is 0 Å². The monoisotopic (exact) mass is 417 g/mol. The number of alkyl halides is 1. The largest absolute Gasteiger partial charge is 0.353 e. The van der Waals surface area contributed by atoms with Crippen LogP contribution in [-0.2, 0) is 0 Å². The highest BCUT2D eigenvalue weighted by molar-refractivity contribution is 9.09. The quantitative estimate of drug-likeness (QED) is 0.397. The summed E-state index contributed by atoms with van der Waals surface area (Å²) in [5, 5.41) is 0.864. The molecule has 0 aromatic heterocycles. The Labute approximate surface area is 170 Å². The summed E-state index contributed by atoms with van der Waals surface area (Å²) >= 11 is 3.76. The van der Waals surface area contributed by atoms with Crippen LogP contribution in [-0.4, -0.2) is 5.33 Å². The van der Waals surface area contributed by atoms with Crippen molar-refractivity contribution in [2.75, 3.05) is 10.2 Å². The van der Waals surface area contributed by atoms with E-state index in [9.17, 15) is 0 Å². The molecule has 0 bridgehead atoms. The highest BCUT2D eigenvalue weighted by Crippen LogP contribution is 2.46. The van der Waals surface area contributed by atoms with E-state index in [4.69, 9.17) is 0 Å². The molecule has 3 aromatic carbocycles. The highest BCUT2D eigenvalue weighted by Gasteiger charge is 2.34.